The van der Waals surface area contributed by atoms with E-state index in [1.165, 1.54) is 6.42 Å². The first-order valence-electron chi connectivity index (χ1n) is 3.89. The van der Waals surface area contributed by atoms with E-state index in [4.69, 9.17) is 10.5 Å². The van der Waals surface area contributed by atoms with Gasteiger partial charge in [-0.25, -0.2) is 0 Å². The summed E-state index contributed by atoms with van der Waals surface area (Å²) in [7, 11) is 0. The van der Waals surface area contributed by atoms with Crippen LogP contribution in [0.1, 0.15) is 20.3 Å². The molecule has 0 radical (unpaired) electrons. The van der Waals surface area contributed by atoms with Crippen molar-refractivity contribution in [3.8, 4) is 0 Å². The van der Waals surface area contributed by atoms with Crippen molar-refractivity contribution in [2.24, 2.45) is 5.73 Å². The van der Waals surface area contributed by atoms with Crippen LogP contribution in [-0.4, -0.2) is 25.9 Å². The van der Waals surface area contributed by atoms with Crippen LogP contribution >= 0.6 is 0 Å². The van der Waals surface area contributed by atoms with Gasteiger partial charge in [0.15, 0.2) is 0 Å². The molecule has 0 saturated carbocycles. The number of nitrogens with one attached hydrogen (secondary N) is 1. The molecule has 0 amide bonds. The third-order valence-corrected chi connectivity index (χ3v) is 0.956. The Hall–Kier alpha value is -0.120. The summed E-state index contributed by atoms with van der Waals surface area (Å²) in [6, 6.07) is 0. The van der Waals surface area contributed by atoms with E-state index >= 15 is 0 Å². The Morgan fingerprint density at radius 3 is 2.40 bits per heavy atom. The third kappa shape index (κ3) is 6.01. The zero-order valence-corrected chi connectivity index (χ0v) is 6.89. The van der Waals surface area contributed by atoms with Crippen LogP contribution in [0.25, 0.3) is 0 Å². The van der Waals surface area contributed by atoms with E-state index in [2.05, 4.69) is 19.2 Å². The summed E-state index contributed by atoms with van der Waals surface area (Å²) in [5, 5.41) is 3.08. The van der Waals surface area contributed by atoms with Gasteiger partial charge < -0.3 is 15.8 Å². The summed E-state index contributed by atoms with van der Waals surface area (Å²) in [6.45, 7) is 6.73. The molecule has 1 aliphatic rings. The first-order chi connectivity index (χ1) is 4.81. The second-order valence-electron chi connectivity index (χ2n) is 2.32. The van der Waals surface area contributed by atoms with Crippen molar-refractivity contribution in [2.45, 2.75) is 26.5 Å². The molecule has 1 atom stereocenters. The average Bonchev–Trinajstić information content (AvgIpc) is 1.91. The van der Waals surface area contributed by atoms with E-state index in [0.717, 1.165) is 19.7 Å². The number of hydrogen-bond donors (Lipinski definition) is 2. The molecule has 10 heavy (non-hydrogen) atoms. The monoisotopic (exact) mass is 146 g/mol. The van der Waals surface area contributed by atoms with Crippen LogP contribution in [0.2, 0.25) is 0 Å². The molecule has 0 bridgehead atoms. The standard InChI is InChI=1S/C4H10N2O.C3H8/c5-4-3-6-1-2-7-4;1-3-2/h4,6H,1-3,5H2;3H2,1-2H3. The van der Waals surface area contributed by atoms with Gasteiger partial charge in [0.1, 0.15) is 6.23 Å². The minimum absolute atomic E-state index is 0.0752. The average molecular weight is 146 g/mol. The Labute approximate surface area is 62.9 Å². The molecule has 3 N–H and O–H groups in total. The lowest BCUT2D eigenvalue weighted by molar-refractivity contribution is 0.0331. The number of ether oxygens (including phenoxy) is 1. The minimum Gasteiger partial charge on any atom is -0.361 e. The highest BCUT2D eigenvalue weighted by atomic mass is 16.5. The molecule has 0 aromatic carbocycles. The third-order valence-electron chi connectivity index (χ3n) is 0.956. The van der Waals surface area contributed by atoms with Crippen LogP contribution in [0, 0.1) is 0 Å². The van der Waals surface area contributed by atoms with Crippen LogP contribution in [0.4, 0.5) is 0 Å². The van der Waals surface area contributed by atoms with E-state index in [1.807, 2.05) is 0 Å². The Bertz CT molecular complexity index is 62.6. The maximum absolute atomic E-state index is 5.35. The maximum atomic E-state index is 5.35. The molecular weight excluding hydrogens is 128 g/mol. The van der Waals surface area contributed by atoms with Gasteiger partial charge in [0.2, 0.25) is 0 Å². The quantitative estimate of drug-likeness (QED) is 0.517. The lowest BCUT2D eigenvalue weighted by Crippen LogP contribution is -2.43. The Morgan fingerprint density at radius 2 is 2.20 bits per heavy atom. The highest BCUT2D eigenvalue weighted by molar-refractivity contribution is 4.58. The second-order valence-corrected chi connectivity index (χ2v) is 2.32. The van der Waals surface area contributed by atoms with Gasteiger partial charge in [-0.2, -0.15) is 0 Å². The number of rotatable bonds is 0. The predicted octanol–water partition coefficient (Wildman–Crippen LogP) is 0.307. The van der Waals surface area contributed by atoms with E-state index in [0.29, 0.717) is 0 Å². The Balaban J connectivity index is 0.000000236. The molecule has 0 aromatic rings. The fraction of sp³-hybridized carbons (Fsp3) is 1.00. The zero-order chi connectivity index (χ0) is 7.82. The minimum atomic E-state index is -0.0752. The van der Waals surface area contributed by atoms with Gasteiger partial charge in [0.25, 0.3) is 0 Å². The van der Waals surface area contributed by atoms with Gasteiger partial charge in [-0.15, -0.1) is 0 Å². The topological polar surface area (TPSA) is 47.3 Å². The summed E-state index contributed by atoms with van der Waals surface area (Å²) in [5.74, 6) is 0. The molecular formula is C7H18N2O. The lowest BCUT2D eigenvalue weighted by atomic mass is 10.5. The van der Waals surface area contributed by atoms with Crippen molar-refractivity contribution >= 4 is 0 Å². The molecule has 0 spiro atoms. The summed E-state index contributed by atoms with van der Waals surface area (Å²) >= 11 is 0. The zero-order valence-electron chi connectivity index (χ0n) is 6.89. The van der Waals surface area contributed by atoms with Crippen LogP contribution in [0.3, 0.4) is 0 Å². The Morgan fingerprint density at radius 1 is 1.60 bits per heavy atom. The molecule has 1 unspecified atom stereocenters. The molecule has 62 valence electrons. The van der Waals surface area contributed by atoms with Gasteiger partial charge in [0, 0.05) is 13.1 Å². The van der Waals surface area contributed by atoms with Crippen molar-refractivity contribution in [1.29, 1.82) is 0 Å². The fourth-order valence-electron chi connectivity index (χ4n) is 0.586. The first kappa shape index (κ1) is 9.88. The van der Waals surface area contributed by atoms with Crippen LogP contribution in [0.5, 0.6) is 0 Å². The van der Waals surface area contributed by atoms with Crippen molar-refractivity contribution in [1.82, 2.24) is 5.32 Å². The number of nitrogens with two attached hydrogens (primary N) is 1. The van der Waals surface area contributed by atoms with Crippen molar-refractivity contribution in [3.63, 3.8) is 0 Å². The smallest absolute Gasteiger partial charge is 0.118 e. The van der Waals surface area contributed by atoms with E-state index < -0.39 is 0 Å². The summed E-state index contributed by atoms with van der Waals surface area (Å²) in [5.41, 5.74) is 5.35. The molecule has 1 aliphatic heterocycles. The summed E-state index contributed by atoms with van der Waals surface area (Å²) < 4.78 is 4.99. The predicted molar refractivity (Wildman–Crippen MR) is 42.8 cm³/mol. The largest absolute Gasteiger partial charge is 0.361 e. The van der Waals surface area contributed by atoms with Crippen molar-refractivity contribution < 1.29 is 4.74 Å². The molecule has 1 heterocycles. The van der Waals surface area contributed by atoms with Crippen molar-refractivity contribution in [3.05, 3.63) is 0 Å². The summed E-state index contributed by atoms with van der Waals surface area (Å²) in [4.78, 5) is 0. The maximum Gasteiger partial charge on any atom is 0.118 e. The molecule has 3 heteroatoms. The molecule has 1 fully saturated rings. The van der Waals surface area contributed by atoms with E-state index in [9.17, 15) is 0 Å². The molecule has 1 saturated heterocycles. The van der Waals surface area contributed by atoms with Crippen LogP contribution < -0.4 is 11.1 Å². The van der Waals surface area contributed by atoms with E-state index in [-0.39, 0.29) is 6.23 Å². The molecule has 0 aromatic heterocycles. The fourth-order valence-corrected chi connectivity index (χ4v) is 0.586. The highest BCUT2D eigenvalue weighted by Gasteiger charge is 2.05. The van der Waals surface area contributed by atoms with Gasteiger partial charge in [-0.1, -0.05) is 20.3 Å². The molecule has 3 nitrogen and oxygen atoms in total. The molecule has 1 rings (SSSR count). The summed E-state index contributed by atoms with van der Waals surface area (Å²) in [6.07, 6.45) is 1.17. The normalized spacial score (nSPS) is 24.9. The second kappa shape index (κ2) is 6.99. The number of morpholine rings is 1. The highest BCUT2D eigenvalue weighted by Crippen LogP contribution is 1.84. The van der Waals surface area contributed by atoms with E-state index in [1.54, 1.807) is 0 Å². The van der Waals surface area contributed by atoms with Crippen LogP contribution in [-0.2, 0) is 4.74 Å². The number of hydrogen-bond acceptors (Lipinski definition) is 3. The van der Waals surface area contributed by atoms with Crippen LogP contribution in [0.15, 0.2) is 0 Å². The van der Waals surface area contributed by atoms with Crippen molar-refractivity contribution in [2.75, 3.05) is 19.7 Å². The lowest BCUT2D eigenvalue weighted by Gasteiger charge is -2.18. The van der Waals surface area contributed by atoms with Gasteiger partial charge >= 0.3 is 0 Å². The first-order valence-corrected chi connectivity index (χ1v) is 3.89. The van der Waals surface area contributed by atoms with Gasteiger partial charge in [-0.3, -0.25) is 0 Å². The van der Waals surface area contributed by atoms with Gasteiger partial charge in [0.05, 0.1) is 6.61 Å². The van der Waals surface area contributed by atoms with Gasteiger partial charge in [-0.05, 0) is 0 Å². The SMILES string of the molecule is CCC.NC1CNCCO1. The molecule has 0 aliphatic carbocycles. The Kier molecular flexibility index (Phi) is 6.91.